The summed E-state index contributed by atoms with van der Waals surface area (Å²) in [6.45, 7) is 8.62. The zero-order valence-corrected chi connectivity index (χ0v) is 17.3. The van der Waals surface area contributed by atoms with Gasteiger partial charge in [0, 0.05) is 30.4 Å². The first-order chi connectivity index (χ1) is 13.3. The maximum atomic E-state index is 12.8. The van der Waals surface area contributed by atoms with E-state index in [-0.39, 0.29) is 42.9 Å². The first kappa shape index (κ1) is 21.9. The molecule has 7 heteroatoms. The second kappa shape index (κ2) is 10.2. The lowest BCUT2D eigenvalue weighted by Crippen LogP contribution is -2.51. The van der Waals surface area contributed by atoms with Crippen LogP contribution in [0.5, 0.6) is 0 Å². The van der Waals surface area contributed by atoms with E-state index in [0.717, 1.165) is 19.3 Å². The Bertz CT molecular complexity index is 679. The number of anilines is 2. The number of hydrogen-bond acceptors (Lipinski definition) is 4. The van der Waals surface area contributed by atoms with E-state index in [0.29, 0.717) is 17.9 Å². The highest BCUT2D eigenvalue weighted by Gasteiger charge is 2.29. The zero-order valence-electron chi connectivity index (χ0n) is 17.3. The highest BCUT2D eigenvalue weighted by Crippen LogP contribution is 2.22. The van der Waals surface area contributed by atoms with Crippen molar-refractivity contribution in [2.75, 3.05) is 30.3 Å². The van der Waals surface area contributed by atoms with Crippen LogP contribution in [-0.4, -0.2) is 59.2 Å². The number of likely N-dealkylation sites (tertiary alicyclic amines) is 1. The van der Waals surface area contributed by atoms with Gasteiger partial charge in [0.25, 0.3) is 0 Å². The van der Waals surface area contributed by atoms with Crippen LogP contribution in [0.3, 0.4) is 0 Å². The lowest BCUT2D eigenvalue weighted by atomic mass is 9.97. The minimum Gasteiger partial charge on any atom is -0.336 e. The van der Waals surface area contributed by atoms with Crippen LogP contribution in [-0.2, 0) is 14.4 Å². The Morgan fingerprint density at radius 3 is 2.04 bits per heavy atom. The highest BCUT2D eigenvalue weighted by atomic mass is 16.2. The molecule has 7 nitrogen and oxygen atoms in total. The molecule has 2 unspecified atom stereocenters. The summed E-state index contributed by atoms with van der Waals surface area (Å²) in [6, 6.07) is 7.45. The lowest BCUT2D eigenvalue weighted by molar-refractivity contribution is -0.138. The average Bonchev–Trinajstić information content (AvgIpc) is 2.62. The molecule has 154 valence electrons. The molecule has 1 saturated heterocycles. The third-order valence-electron chi connectivity index (χ3n) is 5.14. The molecule has 1 aromatic carbocycles. The molecule has 3 amide bonds. The largest absolute Gasteiger partial charge is 0.336 e. The molecule has 1 fully saturated rings. The quantitative estimate of drug-likeness (QED) is 0.752. The molecule has 1 aliphatic rings. The molecule has 1 aromatic rings. The Balaban J connectivity index is 1.88. The number of carbonyl (C=O) groups excluding carboxylic acids is 3. The molecule has 0 aliphatic carbocycles. The maximum Gasteiger partial charge on any atom is 0.238 e. The van der Waals surface area contributed by atoms with E-state index in [1.54, 1.807) is 24.3 Å². The van der Waals surface area contributed by atoms with Crippen molar-refractivity contribution in [2.24, 2.45) is 0 Å². The molecule has 0 bridgehead atoms. The van der Waals surface area contributed by atoms with Gasteiger partial charge in [-0.05, 0) is 63.9 Å². The summed E-state index contributed by atoms with van der Waals surface area (Å²) in [6.07, 6.45) is 3.24. The van der Waals surface area contributed by atoms with Crippen molar-refractivity contribution in [3.05, 3.63) is 24.3 Å². The average molecular weight is 389 g/mol. The Kier molecular flexibility index (Phi) is 7.99. The van der Waals surface area contributed by atoms with Gasteiger partial charge >= 0.3 is 0 Å². The summed E-state index contributed by atoms with van der Waals surface area (Å²) in [5, 5.41) is 5.52. The van der Waals surface area contributed by atoms with Crippen molar-refractivity contribution in [2.45, 2.75) is 59.0 Å². The van der Waals surface area contributed by atoms with Crippen LogP contribution < -0.4 is 10.6 Å². The van der Waals surface area contributed by atoms with Gasteiger partial charge in [-0.25, -0.2) is 0 Å². The molecule has 2 rings (SSSR count). The van der Waals surface area contributed by atoms with Crippen molar-refractivity contribution in [1.82, 2.24) is 9.80 Å². The van der Waals surface area contributed by atoms with Gasteiger partial charge in [0.05, 0.1) is 13.1 Å². The molecule has 1 aliphatic heterocycles. The second-order valence-electron chi connectivity index (χ2n) is 7.54. The number of benzene rings is 1. The SMILES string of the molecule is CCN(CC(=O)Nc1ccc(NC(C)=O)cc1)CC(=O)N1C(C)CCCC1C. The Morgan fingerprint density at radius 1 is 1.00 bits per heavy atom. The van der Waals surface area contributed by atoms with Crippen molar-refractivity contribution in [1.29, 1.82) is 0 Å². The Morgan fingerprint density at radius 2 is 1.54 bits per heavy atom. The monoisotopic (exact) mass is 388 g/mol. The first-order valence-electron chi connectivity index (χ1n) is 10.0. The number of nitrogens with zero attached hydrogens (tertiary/aromatic N) is 2. The van der Waals surface area contributed by atoms with Crippen molar-refractivity contribution < 1.29 is 14.4 Å². The van der Waals surface area contributed by atoms with Gasteiger partial charge < -0.3 is 15.5 Å². The summed E-state index contributed by atoms with van der Waals surface area (Å²) in [5.74, 6) is -0.215. The van der Waals surface area contributed by atoms with E-state index in [9.17, 15) is 14.4 Å². The Hall–Kier alpha value is -2.41. The van der Waals surface area contributed by atoms with Crippen molar-refractivity contribution in [3.63, 3.8) is 0 Å². The number of nitrogens with one attached hydrogen (secondary N) is 2. The fraction of sp³-hybridized carbons (Fsp3) is 0.571. The normalized spacial score (nSPS) is 19.4. The standard InChI is InChI=1S/C21H32N4O3/c1-5-24(14-21(28)25-15(2)7-6-8-16(25)3)13-20(27)23-19-11-9-18(10-12-19)22-17(4)26/h9-12,15-16H,5-8,13-14H2,1-4H3,(H,22,26)(H,23,27). The van der Waals surface area contributed by atoms with Gasteiger partial charge in [0.1, 0.15) is 0 Å². The van der Waals surface area contributed by atoms with Crippen LogP contribution in [0.25, 0.3) is 0 Å². The van der Waals surface area contributed by atoms with Gasteiger partial charge in [-0.15, -0.1) is 0 Å². The maximum absolute atomic E-state index is 12.8. The molecule has 1 heterocycles. The molecule has 0 radical (unpaired) electrons. The van der Waals surface area contributed by atoms with Gasteiger partial charge in [-0.1, -0.05) is 6.92 Å². The third-order valence-corrected chi connectivity index (χ3v) is 5.14. The molecule has 2 N–H and O–H groups in total. The molecular weight excluding hydrogens is 356 g/mol. The molecule has 28 heavy (non-hydrogen) atoms. The van der Waals surface area contributed by atoms with Crippen LogP contribution in [0.2, 0.25) is 0 Å². The van der Waals surface area contributed by atoms with Crippen molar-refractivity contribution in [3.8, 4) is 0 Å². The third kappa shape index (κ3) is 6.34. The van der Waals surface area contributed by atoms with E-state index < -0.39 is 0 Å². The fourth-order valence-corrected chi connectivity index (χ4v) is 3.71. The van der Waals surface area contributed by atoms with Crippen LogP contribution in [0, 0.1) is 0 Å². The summed E-state index contributed by atoms with van der Waals surface area (Å²) >= 11 is 0. The highest BCUT2D eigenvalue weighted by molar-refractivity contribution is 5.93. The molecule has 0 spiro atoms. The molecule has 2 atom stereocenters. The van der Waals surface area contributed by atoms with Gasteiger partial charge in [0.2, 0.25) is 17.7 Å². The molecule has 0 saturated carbocycles. The summed E-state index contributed by atoms with van der Waals surface area (Å²) in [5.41, 5.74) is 1.33. The summed E-state index contributed by atoms with van der Waals surface area (Å²) in [4.78, 5) is 40.0. The van der Waals surface area contributed by atoms with E-state index >= 15 is 0 Å². The number of hydrogen-bond donors (Lipinski definition) is 2. The summed E-state index contributed by atoms with van der Waals surface area (Å²) in [7, 11) is 0. The smallest absolute Gasteiger partial charge is 0.238 e. The fourth-order valence-electron chi connectivity index (χ4n) is 3.71. The zero-order chi connectivity index (χ0) is 20.7. The van der Waals surface area contributed by atoms with Gasteiger partial charge in [0.15, 0.2) is 0 Å². The first-order valence-corrected chi connectivity index (χ1v) is 10.0. The second-order valence-corrected chi connectivity index (χ2v) is 7.54. The number of carbonyl (C=O) groups is 3. The van der Waals surface area contributed by atoms with E-state index in [4.69, 9.17) is 0 Å². The predicted octanol–water partition coefficient (Wildman–Crippen LogP) is 2.69. The minimum atomic E-state index is -0.165. The van der Waals surface area contributed by atoms with Crippen LogP contribution in [0.15, 0.2) is 24.3 Å². The minimum absolute atomic E-state index is 0.0917. The van der Waals surface area contributed by atoms with Gasteiger partial charge in [-0.3, -0.25) is 19.3 Å². The van der Waals surface area contributed by atoms with E-state index in [1.165, 1.54) is 6.92 Å². The number of piperidine rings is 1. The van der Waals surface area contributed by atoms with Crippen LogP contribution >= 0.6 is 0 Å². The Labute approximate surface area is 167 Å². The number of likely N-dealkylation sites (N-methyl/N-ethyl adjacent to an activating group) is 1. The number of amides is 3. The molecular formula is C21H32N4O3. The van der Waals surface area contributed by atoms with E-state index in [2.05, 4.69) is 24.5 Å². The topological polar surface area (TPSA) is 81.8 Å². The van der Waals surface area contributed by atoms with Crippen LogP contribution in [0.4, 0.5) is 11.4 Å². The lowest BCUT2D eigenvalue weighted by Gasteiger charge is -2.40. The van der Waals surface area contributed by atoms with E-state index in [1.807, 2.05) is 16.7 Å². The van der Waals surface area contributed by atoms with Gasteiger partial charge in [-0.2, -0.15) is 0 Å². The van der Waals surface area contributed by atoms with Crippen LogP contribution in [0.1, 0.15) is 47.0 Å². The number of rotatable bonds is 7. The predicted molar refractivity (Wildman–Crippen MR) is 111 cm³/mol. The summed E-state index contributed by atoms with van der Waals surface area (Å²) < 4.78 is 0. The van der Waals surface area contributed by atoms with Crippen molar-refractivity contribution >= 4 is 29.1 Å². The molecule has 0 aromatic heterocycles.